The van der Waals surface area contributed by atoms with Crippen LogP contribution in [-0.2, 0) is 21.8 Å². The minimum atomic E-state index is -3.63. The van der Waals surface area contributed by atoms with Crippen LogP contribution in [0.4, 0.5) is 5.69 Å². The van der Waals surface area contributed by atoms with Crippen molar-refractivity contribution in [2.45, 2.75) is 37.5 Å². The summed E-state index contributed by atoms with van der Waals surface area (Å²) in [6, 6.07) is 7.73. The van der Waals surface area contributed by atoms with Crippen molar-refractivity contribution in [3.05, 3.63) is 47.8 Å². The molecule has 1 aromatic carbocycles. The fraction of sp³-hybridized carbons (Fsp3) is 0.429. The van der Waals surface area contributed by atoms with Gasteiger partial charge in [-0.1, -0.05) is 12.8 Å². The zero-order chi connectivity index (χ0) is 21.7. The molecule has 1 aliphatic heterocycles. The number of benzene rings is 1. The average molecular weight is 434 g/mol. The molecule has 0 atom stereocenters. The molecular formula is C21H27N3O5S. The predicted molar refractivity (Wildman–Crippen MR) is 113 cm³/mol. The van der Waals surface area contributed by atoms with Crippen molar-refractivity contribution in [2.24, 2.45) is 7.05 Å². The monoisotopic (exact) mass is 433 g/mol. The van der Waals surface area contributed by atoms with Crippen LogP contribution < -0.4 is 5.32 Å². The minimum absolute atomic E-state index is 0.120. The van der Waals surface area contributed by atoms with Gasteiger partial charge in [-0.3, -0.25) is 4.79 Å². The summed E-state index contributed by atoms with van der Waals surface area (Å²) in [5.74, 6) is -0.861. The second-order valence-corrected chi connectivity index (χ2v) is 9.18. The molecule has 0 saturated carbocycles. The first-order valence-electron chi connectivity index (χ1n) is 10.1. The van der Waals surface area contributed by atoms with Gasteiger partial charge in [0.1, 0.15) is 10.6 Å². The van der Waals surface area contributed by atoms with Crippen molar-refractivity contribution < 1.29 is 22.7 Å². The van der Waals surface area contributed by atoms with Gasteiger partial charge in [-0.15, -0.1) is 0 Å². The number of carbonyl (C=O) groups excluding carboxylic acids is 2. The number of rotatable bonds is 6. The van der Waals surface area contributed by atoms with Crippen LogP contribution in [0, 0.1) is 0 Å². The smallest absolute Gasteiger partial charge is 0.338 e. The third-order valence-corrected chi connectivity index (χ3v) is 6.93. The number of amides is 1. The van der Waals surface area contributed by atoms with Gasteiger partial charge in [0.15, 0.2) is 0 Å². The van der Waals surface area contributed by atoms with E-state index in [9.17, 15) is 18.0 Å². The Balaban J connectivity index is 1.74. The molecule has 1 aliphatic rings. The number of esters is 1. The van der Waals surface area contributed by atoms with Gasteiger partial charge < -0.3 is 14.6 Å². The lowest BCUT2D eigenvalue weighted by molar-refractivity contribution is 0.0526. The predicted octanol–water partition coefficient (Wildman–Crippen LogP) is 3.02. The Bertz CT molecular complexity index is 1000. The molecule has 0 spiro atoms. The first kappa shape index (κ1) is 22.0. The van der Waals surface area contributed by atoms with Gasteiger partial charge in [-0.25, -0.2) is 13.2 Å². The lowest BCUT2D eigenvalue weighted by Gasteiger charge is -2.18. The van der Waals surface area contributed by atoms with Crippen molar-refractivity contribution in [1.82, 2.24) is 8.87 Å². The average Bonchev–Trinajstić information content (AvgIpc) is 2.93. The molecule has 1 N–H and O–H groups in total. The van der Waals surface area contributed by atoms with Crippen molar-refractivity contribution in [2.75, 3.05) is 25.0 Å². The highest BCUT2D eigenvalue weighted by molar-refractivity contribution is 7.89. The van der Waals surface area contributed by atoms with E-state index in [1.807, 2.05) is 0 Å². The van der Waals surface area contributed by atoms with E-state index in [1.165, 1.54) is 21.1 Å². The zero-order valence-electron chi connectivity index (χ0n) is 17.3. The summed E-state index contributed by atoms with van der Waals surface area (Å²) in [4.78, 5) is 24.5. The van der Waals surface area contributed by atoms with Gasteiger partial charge >= 0.3 is 5.97 Å². The highest BCUT2D eigenvalue weighted by Crippen LogP contribution is 2.22. The van der Waals surface area contributed by atoms with Crippen LogP contribution in [0.25, 0.3) is 0 Å². The highest BCUT2D eigenvalue weighted by Gasteiger charge is 2.28. The van der Waals surface area contributed by atoms with Crippen LogP contribution >= 0.6 is 0 Å². The largest absolute Gasteiger partial charge is 0.462 e. The van der Waals surface area contributed by atoms with E-state index >= 15 is 0 Å². The van der Waals surface area contributed by atoms with Gasteiger partial charge in [-0.2, -0.15) is 4.31 Å². The summed E-state index contributed by atoms with van der Waals surface area (Å²) in [5, 5.41) is 2.73. The number of aromatic nitrogens is 1. The van der Waals surface area contributed by atoms with E-state index in [0.29, 0.717) is 24.3 Å². The summed E-state index contributed by atoms with van der Waals surface area (Å²) in [7, 11) is -1.99. The van der Waals surface area contributed by atoms with Gasteiger partial charge in [0, 0.05) is 32.0 Å². The first-order chi connectivity index (χ1) is 14.3. The van der Waals surface area contributed by atoms with Crippen molar-refractivity contribution in [3.63, 3.8) is 0 Å². The molecule has 0 aliphatic carbocycles. The highest BCUT2D eigenvalue weighted by atomic mass is 32.2. The molecule has 1 saturated heterocycles. The van der Waals surface area contributed by atoms with Crippen molar-refractivity contribution in [1.29, 1.82) is 0 Å². The number of hydrogen-bond acceptors (Lipinski definition) is 5. The molecule has 30 heavy (non-hydrogen) atoms. The maximum absolute atomic E-state index is 13.0. The fourth-order valence-electron chi connectivity index (χ4n) is 3.43. The van der Waals surface area contributed by atoms with Crippen LogP contribution in [0.3, 0.4) is 0 Å². The number of nitrogens with one attached hydrogen (secondary N) is 1. The number of nitrogens with zero attached hydrogens (tertiary/aromatic N) is 2. The topological polar surface area (TPSA) is 97.7 Å². The summed E-state index contributed by atoms with van der Waals surface area (Å²) in [5.41, 5.74) is 1.11. The van der Waals surface area contributed by atoms with Crippen LogP contribution in [-0.4, -0.2) is 48.9 Å². The molecule has 0 unspecified atom stereocenters. The molecule has 1 amide bonds. The fourth-order valence-corrected chi connectivity index (χ4v) is 5.02. The van der Waals surface area contributed by atoms with Crippen LogP contribution in [0.15, 0.2) is 41.4 Å². The number of anilines is 1. The normalized spacial score (nSPS) is 15.4. The Labute approximate surface area is 176 Å². The summed E-state index contributed by atoms with van der Waals surface area (Å²) in [6.45, 7) is 3.03. The van der Waals surface area contributed by atoms with Gasteiger partial charge in [0.2, 0.25) is 10.0 Å². The molecule has 3 rings (SSSR count). The molecule has 2 aromatic rings. The molecule has 0 bridgehead atoms. The zero-order valence-corrected chi connectivity index (χ0v) is 18.1. The molecule has 1 fully saturated rings. The van der Waals surface area contributed by atoms with E-state index in [2.05, 4.69) is 5.32 Å². The minimum Gasteiger partial charge on any atom is -0.462 e. The van der Waals surface area contributed by atoms with E-state index in [0.717, 1.165) is 25.7 Å². The second-order valence-electron chi connectivity index (χ2n) is 7.24. The summed E-state index contributed by atoms with van der Waals surface area (Å²) in [6.07, 6.45) is 5.23. The quantitative estimate of drug-likeness (QED) is 0.706. The third-order valence-electron chi connectivity index (χ3n) is 5.07. The number of aryl methyl sites for hydroxylation is 1. The number of sulfonamides is 1. The van der Waals surface area contributed by atoms with Crippen LogP contribution in [0.2, 0.25) is 0 Å². The second kappa shape index (κ2) is 9.44. The van der Waals surface area contributed by atoms with Gasteiger partial charge in [0.05, 0.1) is 12.2 Å². The van der Waals surface area contributed by atoms with E-state index in [-0.39, 0.29) is 17.2 Å². The van der Waals surface area contributed by atoms with Crippen molar-refractivity contribution in [3.8, 4) is 0 Å². The van der Waals surface area contributed by atoms with Crippen LogP contribution in [0.5, 0.6) is 0 Å². The molecule has 8 nitrogen and oxygen atoms in total. The lowest BCUT2D eigenvalue weighted by Crippen LogP contribution is -2.31. The molecule has 2 heterocycles. The lowest BCUT2D eigenvalue weighted by atomic mass is 10.2. The molecule has 1 aromatic heterocycles. The van der Waals surface area contributed by atoms with Crippen LogP contribution in [0.1, 0.15) is 53.5 Å². The number of hydrogen-bond donors (Lipinski definition) is 1. The maximum Gasteiger partial charge on any atom is 0.338 e. The number of carbonyl (C=O) groups is 2. The Morgan fingerprint density at radius 1 is 1.07 bits per heavy atom. The third kappa shape index (κ3) is 4.91. The Morgan fingerprint density at radius 3 is 2.30 bits per heavy atom. The first-order valence-corrected chi connectivity index (χ1v) is 11.5. The van der Waals surface area contributed by atoms with Crippen molar-refractivity contribution >= 4 is 27.6 Å². The Hall–Kier alpha value is -2.65. The maximum atomic E-state index is 13.0. The Kier molecular flexibility index (Phi) is 6.94. The van der Waals surface area contributed by atoms with E-state index < -0.39 is 21.9 Å². The summed E-state index contributed by atoms with van der Waals surface area (Å²) < 4.78 is 33.9. The van der Waals surface area contributed by atoms with Gasteiger partial charge in [-0.05, 0) is 50.1 Å². The molecule has 9 heteroatoms. The van der Waals surface area contributed by atoms with E-state index in [4.69, 9.17) is 4.74 Å². The number of ether oxygens (including phenoxy) is 1. The molecule has 162 valence electrons. The van der Waals surface area contributed by atoms with E-state index in [1.54, 1.807) is 38.2 Å². The molecule has 0 radical (unpaired) electrons. The summed E-state index contributed by atoms with van der Waals surface area (Å²) >= 11 is 0. The standard InChI is InChI=1S/C21H27N3O5S/c1-3-29-21(26)16-8-10-17(11-9-16)22-20(25)19-14-18(15-23(19)2)30(27,28)24-12-6-4-5-7-13-24/h8-11,14-15H,3-7,12-13H2,1-2H3,(H,22,25). The SMILES string of the molecule is CCOC(=O)c1ccc(NC(=O)c2cc(S(=O)(=O)N3CCCCCC3)cn2C)cc1. The Morgan fingerprint density at radius 2 is 1.70 bits per heavy atom. The van der Waals surface area contributed by atoms with Gasteiger partial charge in [0.25, 0.3) is 5.91 Å². The molecular weight excluding hydrogens is 406 g/mol.